The maximum atomic E-state index is 16.3. The van der Waals surface area contributed by atoms with Crippen LogP contribution in [-0.2, 0) is 28.2 Å². The number of carbonyl (C=O) groups is 2. The van der Waals surface area contributed by atoms with Crippen LogP contribution in [0.2, 0.25) is 0 Å². The van der Waals surface area contributed by atoms with Gasteiger partial charge in [0.15, 0.2) is 5.60 Å². The molecular weight excluding hydrogens is 682 g/mol. The second kappa shape index (κ2) is 12.7. The van der Waals surface area contributed by atoms with Gasteiger partial charge < -0.3 is 14.7 Å². The Balaban J connectivity index is 0.970. The molecule has 1 saturated heterocycles. The predicted octanol–water partition coefficient (Wildman–Crippen LogP) is 8.04. The first-order chi connectivity index (χ1) is 26.1. The summed E-state index contributed by atoms with van der Waals surface area (Å²) >= 11 is 0. The van der Waals surface area contributed by atoms with E-state index < -0.39 is 35.3 Å². The van der Waals surface area contributed by atoms with E-state index in [0.717, 1.165) is 39.0 Å². The van der Waals surface area contributed by atoms with Gasteiger partial charge >= 0.3 is 0 Å². The quantitative estimate of drug-likeness (QED) is 0.162. The van der Waals surface area contributed by atoms with E-state index in [0.29, 0.717) is 29.8 Å². The normalized spacial score (nSPS) is 22.5. The van der Waals surface area contributed by atoms with E-state index in [1.165, 1.54) is 0 Å². The molecule has 10 heteroatoms. The average Bonchev–Trinajstić information content (AvgIpc) is 3.91. The van der Waals surface area contributed by atoms with Crippen molar-refractivity contribution in [3.05, 3.63) is 149 Å². The van der Waals surface area contributed by atoms with Gasteiger partial charge in [-0.05, 0) is 67.1 Å². The van der Waals surface area contributed by atoms with Gasteiger partial charge in [-0.25, -0.2) is 4.39 Å². The molecule has 9 nitrogen and oxygen atoms in total. The summed E-state index contributed by atoms with van der Waals surface area (Å²) in [5.74, 6) is -1.37. The van der Waals surface area contributed by atoms with Crippen LogP contribution >= 0.6 is 0 Å². The van der Waals surface area contributed by atoms with Crippen LogP contribution in [0.15, 0.2) is 121 Å². The van der Waals surface area contributed by atoms with Crippen molar-refractivity contribution in [2.24, 2.45) is 11.8 Å². The molecule has 9 rings (SSSR count). The molecule has 1 fully saturated rings. The summed E-state index contributed by atoms with van der Waals surface area (Å²) in [5, 5.41) is 21.3. The van der Waals surface area contributed by atoms with E-state index in [9.17, 15) is 14.7 Å². The van der Waals surface area contributed by atoms with Gasteiger partial charge in [0.05, 0.1) is 35.8 Å². The van der Waals surface area contributed by atoms with Gasteiger partial charge in [-0.1, -0.05) is 97.1 Å². The van der Waals surface area contributed by atoms with Gasteiger partial charge in [-0.2, -0.15) is 0 Å². The van der Waals surface area contributed by atoms with Crippen LogP contribution in [0.3, 0.4) is 0 Å². The first-order valence-electron chi connectivity index (χ1n) is 18.4. The van der Waals surface area contributed by atoms with Gasteiger partial charge in [0.25, 0.3) is 11.8 Å². The highest BCUT2D eigenvalue weighted by Crippen LogP contribution is 2.58. The number of carbonyl (C=O) groups excluding carboxylic acids is 2. The Morgan fingerprint density at radius 3 is 2.35 bits per heavy atom. The molecule has 54 heavy (non-hydrogen) atoms. The zero-order valence-electron chi connectivity index (χ0n) is 30.3. The third-order valence-corrected chi connectivity index (χ3v) is 11.6. The van der Waals surface area contributed by atoms with Gasteiger partial charge in [0.2, 0.25) is 0 Å². The zero-order chi connectivity index (χ0) is 37.4. The molecule has 1 N–H and O–H groups in total. The Morgan fingerprint density at radius 2 is 1.59 bits per heavy atom. The lowest BCUT2D eigenvalue weighted by Crippen LogP contribution is -2.45. The third kappa shape index (κ3) is 5.27. The predicted molar refractivity (Wildman–Crippen MR) is 204 cm³/mol. The number of amides is 2. The number of para-hydroxylation sites is 1. The topological polar surface area (TPSA) is 101 Å². The number of benzene rings is 5. The van der Waals surface area contributed by atoms with Gasteiger partial charge in [-0.3, -0.25) is 19.2 Å². The number of fused-ring (bicyclic) bond motifs is 2. The number of aryl methyl sites for hydroxylation is 1. The number of rotatable bonds is 9. The number of hydrogen-bond acceptors (Lipinski definition) is 6. The molecule has 1 aromatic heterocycles. The number of anilines is 3. The Kier molecular flexibility index (Phi) is 8.02. The molecule has 0 unspecified atom stereocenters. The van der Waals surface area contributed by atoms with Crippen molar-refractivity contribution in [2.45, 2.75) is 63.8 Å². The number of alkyl halides is 1. The Hall–Kier alpha value is -5.71. The van der Waals surface area contributed by atoms with E-state index >= 15 is 4.39 Å². The lowest BCUT2D eigenvalue weighted by Gasteiger charge is -2.32. The van der Waals surface area contributed by atoms with Crippen LogP contribution in [0.1, 0.15) is 66.0 Å². The number of aliphatic hydroxyl groups excluding tert-OH is 1. The Labute approximate surface area is 312 Å². The highest BCUT2D eigenvalue weighted by Gasteiger charge is 2.66. The van der Waals surface area contributed by atoms with Crippen LogP contribution in [-0.4, -0.2) is 43.7 Å². The maximum absolute atomic E-state index is 16.3. The van der Waals surface area contributed by atoms with Crippen LogP contribution < -0.4 is 9.80 Å². The van der Waals surface area contributed by atoms with Gasteiger partial charge in [0, 0.05) is 35.0 Å². The highest BCUT2D eigenvalue weighted by molar-refractivity contribution is 6.27. The summed E-state index contributed by atoms with van der Waals surface area (Å²) in [6, 6.07) is 36.3. The fraction of sp³-hybridized carbons (Fsp3) is 0.273. The smallest absolute Gasteiger partial charge is 0.264 e. The summed E-state index contributed by atoms with van der Waals surface area (Å²) in [7, 11) is 0. The summed E-state index contributed by atoms with van der Waals surface area (Å²) in [4.78, 5) is 31.9. The highest BCUT2D eigenvalue weighted by atomic mass is 19.1. The van der Waals surface area contributed by atoms with Gasteiger partial charge in [-0.15, -0.1) is 5.10 Å². The van der Waals surface area contributed by atoms with Crippen molar-refractivity contribution in [2.75, 3.05) is 9.80 Å². The number of aliphatic hydroxyl groups is 1. The summed E-state index contributed by atoms with van der Waals surface area (Å²) in [5.41, 5.74) is 2.73. The molecule has 1 spiro atoms. The molecule has 2 amide bonds. The molecule has 5 aromatic carbocycles. The van der Waals surface area contributed by atoms with Crippen LogP contribution in [0.4, 0.5) is 21.5 Å². The lowest BCUT2D eigenvalue weighted by molar-refractivity contribution is -0.146. The minimum absolute atomic E-state index is 0.0681. The third-order valence-electron chi connectivity index (χ3n) is 11.6. The maximum Gasteiger partial charge on any atom is 0.264 e. The molecule has 3 aliphatic heterocycles. The van der Waals surface area contributed by atoms with Crippen molar-refractivity contribution in [1.82, 2.24) is 15.0 Å². The molecule has 6 aromatic rings. The monoisotopic (exact) mass is 721 g/mol. The minimum Gasteiger partial charge on any atom is -0.382 e. The summed E-state index contributed by atoms with van der Waals surface area (Å²) in [6.45, 7) is 5.68. The van der Waals surface area contributed by atoms with E-state index in [1.54, 1.807) is 34.5 Å². The summed E-state index contributed by atoms with van der Waals surface area (Å²) in [6.07, 6.45) is 0.559. The molecule has 0 bridgehead atoms. The molecule has 0 aliphatic carbocycles. The fourth-order valence-electron chi connectivity index (χ4n) is 9.15. The largest absolute Gasteiger partial charge is 0.382 e. The molecule has 0 saturated carbocycles. The molecule has 0 radical (unpaired) electrons. The second-order valence-corrected chi connectivity index (χ2v) is 15.2. The first kappa shape index (κ1) is 34.1. The van der Waals surface area contributed by atoms with Crippen molar-refractivity contribution in [3.63, 3.8) is 0 Å². The van der Waals surface area contributed by atoms with Gasteiger partial charge in [0.1, 0.15) is 17.5 Å². The van der Waals surface area contributed by atoms with Crippen LogP contribution in [0.25, 0.3) is 10.8 Å². The fourth-order valence-corrected chi connectivity index (χ4v) is 9.15. The standard InChI is InChI=1S/C44H40FN5O4/c1-27-39(43(2,3)45)37(23-24-48-26-34(46-47-48)40(51)30-11-5-4-6-12-30)54-44(27)33-16-7-8-17-35(33)49(42(44)53)25-28-19-21-31(22-20-28)50-36-18-10-14-29-13-9-15-32(38(29)36)41(50)52/h4-22,26-27,37,39-40,51H,23-25H2,1-3H3/t27-,37+,39-,40+,44+/m0/s1. The molecule has 5 atom stereocenters. The zero-order valence-corrected chi connectivity index (χ0v) is 30.3. The Bertz CT molecular complexity index is 2400. The average molecular weight is 722 g/mol. The SMILES string of the molecule is C[C@H]1[C@H](C(C)(C)F)[C@@H](CCn2cc([C@H](O)c3ccccc3)nn2)O[C@]12C(=O)N(Cc1ccc(N3C(=O)c4cccc5cccc3c45)cc1)c1ccccc12. The van der Waals surface area contributed by atoms with Crippen molar-refractivity contribution >= 4 is 39.6 Å². The van der Waals surface area contributed by atoms with Crippen molar-refractivity contribution in [3.8, 4) is 0 Å². The molecular formula is C44H40FN5O4. The summed E-state index contributed by atoms with van der Waals surface area (Å²) < 4.78 is 24.8. The number of hydrogen-bond donors (Lipinski definition) is 1. The molecule has 272 valence electrons. The first-order valence-corrected chi connectivity index (χ1v) is 18.4. The van der Waals surface area contributed by atoms with E-state index in [1.807, 2.05) is 122 Å². The van der Waals surface area contributed by atoms with Crippen LogP contribution in [0, 0.1) is 11.8 Å². The number of halogens is 1. The van der Waals surface area contributed by atoms with Crippen molar-refractivity contribution < 1.29 is 23.8 Å². The molecule has 3 aliphatic rings. The van der Waals surface area contributed by atoms with Crippen LogP contribution in [0.5, 0.6) is 0 Å². The number of nitrogens with zero attached hydrogens (tertiary/aromatic N) is 5. The van der Waals surface area contributed by atoms with E-state index in [2.05, 4.69) is 10.3 Å². The van der Waals surface area contributed by atoms with E-state index in [-0.39, 0.29) is 18.4 Å². The number of aromatic nitrogens is 3. The Morgan fingerprint density at radius 1 is 0.889 bits per heavy atom. The van der Waals surface area contributed by atoms with E-state index in [4.69, 9.17) is 4.74 Å². The number of ether oxygens (including phenoxy) is 1. The van der Waals surface area contributed by atoms with Crippen molar-refractivity contribution in [1.29, 1.82) is 0 Å². The molecule has 4 heterocycles. The lowest BCUT2D eigenvalue weighted by atomic mass is 9.71. The minimum atomic E-state index is -1.65. The second-order valence-electron chi connectivity index (χ2n) is 15.2.